The van der Waals surface area contributed by atoms with Crippen molar-refractivity contribution in [3.8, 4) is 11.3 Å². The molecular formula is C14H14N2O2. The Morgan fingerprint density at radius 3 is 2.94 bits per heavy atom. The van der Waals surface area contributed by atoms with Crippen LogP contribution in [0.25, 0.3) is 11.3 Å². The van der Waals surface area contributed by atoms with E-state index >= 15 is 0 Å². The Bertz CT molecular complexity index is 629. The quantitative estimate of drug-likeness (QED) is 0.569. The fourth-order valence-corrected chi connectivity index (χ4v) is 2.80. The number of benzene rings is 1. The van der Waals surface area contributed by atoms with Crippen LogP contribution in [0.3, 0.4) is 0 Å². The van der Waals surface area contributed by atoms with Crippen molar-refractivity contribution in [2.75, 3.05) is 0 Å². The number of nitro benzene ring substituents is 1. The van der Waals surface area contributed by atoms with Gasteiger partial charge in [-0.25, -0.2) is 0 Å². The van der Waals surface area contributed by atoms with Crippen LogP contribution in [-0.2, 0) is 13.0 Å². The van der Waals surface area contributed by atoms with E-state index in [9.17, 15) is 10.1 Å². The van der Waals surface area contributed by atoms with E-state index in [0.29, 0.717) is 0 Å². The van der Waals surface area contributed by atoms with Crippen molar-refractivity contribution in [3.05, 3.63) is 51.7 Å². The van der Waals surface area contributed by atoms with Gasteiger partial charge in [0.15, 0.2) is 0 Å². The Morgan fingerprint density at radius 2 is 2.17 bits per heavy atom. The summed E-state index contributed by atoms with van der Waals surface area (Å²) in [6, 6.07) is 7.58. The second-order valence-corrected chi connectivity index (χ2v) is 4.69. The molecule has 1 aromatic heterocycles. The highest BCUT2D eigenvalue weighted by molar-refractivity contribution is 5.73. The van der Waals surface area contributed by atoms with Gasteiger partial charge in [-0.05, 0) is 37.5 Å². The molecule has 0 aliphatic carbocycles. The number of hydrogen-bond acceptors (Lipinski definition) is 2. The molecular weight excluding hydrogens is 228 g/mol. The van der Waals surface area contributed by atoms with Gasteiger partial charge in [-0.2, -0.15) is 0 Å². The SMILES string of the molecule is Cc1c([N+](=O)[O-])ccc2c1-c1cccn1CCC2. The van der Waals surface area contributed by atoms with Crippen molar-refractivity contribution < 1.29 is 4.92 Å². The highest BCUT2D eigenvalue weighted by atomic mass is 16.6. The van der Waals surface area contributed by atoms with Gasteiger partial charge in [0, 0.05) is 35.6 Å². The average molecular weight is 242 g/mol. The Balaban J connectivity index is 2.31. The second-order valence-electron chi connectivity index (χ2n) is 4.69. The molecule has 0 spiro atoms. The fraction of sp³-hybridized carbons (Fsp3) is 0.286. The van der Waals surface area contributed by atoms with E-state index in [1.165, 1.54) is 5.56 Å². The minimum Gasteiger partial charge on any atom is -0.347 e. The van der Waals surface area contributed by atoms with Gasteiger partial charge in [-0.1, -0.05) is 6.07 Å². The summed E-state index contributed by atoms with van der Waals surface area (Å²) < 4.78 is 2.18. The van der Waals surface area contributed by atoms with Crippen molar-refractivity contribution in [2.24, 2.45) is 0 Å². The van der Waals surface area contributed by atoms with Crippen molar-refractivity contribution in [3.63, 3.8) is 0 Å². The summed E-state index contributed by atoms with van der Waals surface area (Å²) in [6.45, 7) is 2.82. The Kier molecular flexibility index (Phi) is 2.44. The molecule has 92 valence electrons. The number of nitro groups is 1. The minimum atomic E-state index is -0.298. The molecule has 4 heteroatoms. The van der Waals surface area contributed by atoms with Crippen molar-refractivity contribution in [2.45, 2.75) is 26.3 Å². The summed E-state index contributed by atoms with van der Waals surface area (Å²) in [7, 11) is 0. The van der Waals surface area contributed by atoms with Gasteiger partial charge in [-0.15, -0.1) is 0 Å². The highest BCUT2D eigenvalue weighted by Gasteiger charge is 2.21. The van der Waals surface area contributed by atoms with E-state index in [0.717, 1.165) is 36.2 Å². The zero-order chi connectivity index (χ0) is 12.7. The smallest absolute Gasteiger partial charge is 0.272 e. The maximum absolute atomic E-state index is 11.0. The van der Waals surface area contributed by atoms with Crippen molar-refractivity contribution in [1.29, 1.82) is 0 Å². The third kappa shape index (κ3) is 1.53. The van der Waals surface area contributed by atoms with Crippen molar-refractivity contribution in [1.82, 2.24) is 4.57 Å². The maximum Gasteiger partial charge on any atom is 0.272 e. The van der Waals surface area contributed by atoms with Gasteiger partial charge in [0.1, 0.15) is 0 Å². The van der Waals surface area contributed by atoms with E-state index in [1.807, 2.05) is 31.3 Å². The molecule has 0 fully saturated rings. The molecule has 2 aromatic rings. The third-order valence-electron chi connectivity index (χ3n) is 3.65. The monoisotopic (exact) mass is 242 g/mol. The van der Waals surface area contributed by atoms with Gasteiger partial charge in [-0.3, -0.25) is 10.1 Å². The van der Waals surface area contributed by atoms with E-state index in [4.69, 9.17) is 0 Å². The van der Waals surface area contributed by atoms with Crippen LogP contribution >= 0.6 is 0 Å². The molecule has 0 unspecified atom stereocenters. The van der Waals surface area contributed by atoms with Crippen LogP contribution in [0.1, 0.15) is 17.5 Å². The lowest BCUT2D eigenvalue weighted by atomic mass is 9.96. The first-order valence-electron chi connectivity index (χ1n) is 6.11. The minimum absolute atomic E-state index is 0.211. The molecule has 1 aromatic carbocycles. The van der Waals surface area contributed by atoms with Crippen LogP contribution in [0.4, 0.5) is 5.69 Å². The molecule has 1 aliphatic rings. The molecule has 0 saturated heterocycles. The van der Waals surface area contributed by atoms with E-state index in [-0.39, 0.29) is 10.6 Å². The molecule has 0 N–H and O–H groups in total. The molecule has 0 saturated carbocycles. The Morgan fingerprint density at radius 1 is 1.33 bits per heavy atom. The summed E-state index contributed by atoms with van der Waals surface area (Å²) >= 11 is 0. The molecule has 18 heavy (non-hydrogen) atoms. The maximum atomic E-state index is 11.0. The summed E-state index contributed by atoms with van der Waals surface area (Å²) in [5.74, 6) is 0. The van der Waals surface area contributed by atoms with Crippen LogP contribution in [-0.4, -0.2) is 9.49 Å². The van der Waals surface area contributed by atoms with Gasteiger partial charge >= 0.3 is 0 Å². The molecule has 0 amide bonds. The molecule has 4 nitrogen and oxygen atoms in total. The topological polar surface area (TPSA) is 48.1 Å². The number of rotatable bonds is 1. The Labute approximate surface area is 105 Å². The fourth-order valence-electron chi connectivity index (χ4n) is 2.80. The molecule has 1 aliphatic heterocycles. The normalized spacial score (nSPS) is 13.6. The third-order valence-corrected chi connectivity index (χ3v) is 3.65. The molecule has 0 atom stereocenters. The van der Waals surface area contributed by atoms with Gasteiger partial charge in [0.05, 0.1) is 4.92 Å². The van der Waals surface area contributed by atoms with E-state index in [1.54, 1.807) is 6.07 Å². The summed E-state index contributed by atoms with van der Waals surface area (Å²) in [5.41, 5.74) is 4.36. The number of fused-ring (bicyclic) bond motifs is 3. The van der Waals surface area contributed by atoms with E-state index < -0.39 is 0 Å². The van der Waals surface area contributed by atoms with Gasteiger partial charge in [0.25, 0.3) is 5.69 Å². The van der Waals surface area contributed by atoms with E-state index in [2.05, 4.69) is 4.57 Å². The first kappa shape index (κ1) is 11.0. The van der Waals surface area contributed by atoms with Gasteiger partial charge in [0.2, 0.25) is 0 Å². The number of aromatic nitrogens is 1. The standard InChI is InChI=1S/C14H14N2O2/c1-10-12(16(17)18)7-6-11-4-2-8-15-9-3-5-13(15)14(10)11/h3,5-7,9H,2,4,8H2,1H3. The molecule has 3 rings (SSSR count). The summed E-state index contributed by atoms with van der Waals surface area (Å²) in [4.78, 5) is 10.7. The lowest BCUT2D eigenvalue weighted by Gasteiger charge is -2.11. The largest absolute Gasteiger partial charge is 0.347 e. The average Bonchev–Trinajstić information content (AvgIpc) is 2.70. The molecule has 0 bridgehead atoms. The van der Waals surface area contributed by atoms with Crippen molar-refractivity contribution >= 4 is 5.69 Å². The zero-order valence-electron chi connectivity index (χ0n) is 10.2. The molecule has 2 heterocycles. The number of hydrogen-bond donors (Lipinski definition) is 0. The first-order valence-corrected chi connectivity index (χ1v) is 6.11. The number of nitrogens with zero attached hydrogens (tertiary/aromatic N) is 2. The van der Waals surface area contributed by atoms with Crippen LogP contribution < -0.4 is 0 Å². The first-order chi connectivity index (χ1) is 8.68. The van der Waals surface area contributed by atoms with Crippen LogP contribution in [0.5, 0.6) is 0 Å². The van der Waals surface area contributed by atoms with Crippen LogP contribution in [0, 0.1) is 17.0 Å². The Hall–Kier alpha value is -2.10. The van der Waals surface area contributed by atoms with Gasteiger partial charge < -0.3 is 4.57 Å². The van der Waals surface area contributed by atoms with Crippen LogP contribution in [0.2, 0.25) is 0 Å². The predicted octanol–water partition coefficient (Wildman–Crippen LogP) is 3.32. The lowest BCUT2D eigenvalue weighted by Crippen LogP contribution is -1.99. The second kappa shape index (κ2) is 3.98. The summed E-state index contributed by atoms with van der Waals surface area (Å²) in [5, 5.41) is 11.0. The number of aryl methyl sites for hydroxylation is 2. The molecule has 0 radical (unpaired) electrons. The van der Waals surface area contributed by atoms with Crippen LogP contribution in [0.15, 0.2) is 30.5 Å². The highest BCUT2D eigenvalue weighted by Crippen LogP contribution is 2.36. The lowest BCUT2D eigenvalue weighted by molar-refractivity contribution is -0.385. The zero-order valence-corrected chi connectivity index (χ0v) is 10.2. The predicted molar refractivity (Wildman–Crippen MR) is 69.6 cm³/mol. The summed E-state index contributed by atoms with van der Waals surface area (Å²) in [6.07, 6.45) is 4.10.